The largest absolute Gasteiger partial charge is 0.342 e. The standard InChI is InChI=1S/C18H27N3O3S/c1-20(13-15-6-3-2-4-7-15)25(23,24)19-12-16-8-5-11-21(14-16)18(22)17-9-10-17/h2-4,6-7,16-17,19H,5,8-14H2,1H3/t16-/m1/s1. The minimum absolute atomic E-state index is 0.191. The number of carbonyl (C=O) groups is 1. The lowest BCUT2D eigenvalue weighted by Crippen LogP contribution is -2.46. The lowest BCUT2D eigenvalue weighted by atomic mass is 9.98. The normalized spacial score (nSPS) is 21.5. The van der Waals surface area contributed by atoms with Gasteiger partial charge in [0.15, 0.2) is 0 Å². The number of benzene rings is 1. The summed E-state index contributed by atoms with van der Waals surface area (Å²) in [7, 11) is -1.94. The molecular weight excluding hydrogens is 338 g/mol. The minimum Gasteiger partial charge on any atom is -0.342 e. The van der Waals surface area contributed by atoms with Crippen molar-refractivity contribution in [2.45, 2.75) is 32.2 Å². The van der Waals surface area contributed by atoms with E-state index in [-0.39, 0.29) is 17.7 Å². The molecule has 0 unspecified atom stereocenters. The molecule has 1 aromatic carbocycles. The van der Waals surface area contributed by atoms with Gasteiger partial charge in [0.25, 0.3) is 10.2 Å². The number of amides is 1. The molecule has 1 N–H and O–H groups in total. The van der Waals surface area contributed by atoms with E-state index in [1.54, 1.807) is 7.05 Å². The highest BCUT2D eigenvalue weighted by atomic mass is 32.2. The van der Waals surface area contributed by atoms with E-state index in [0.717, 1.165) is 37.8 Å². The number of carbonyl (C=O) groups excluding carboxylic acids is 1. The Bertz CT molecular complexity index is 689. The van der Waals surface area contributed by atoms with E-state index in [1.165, 1.54) is 4.31 Å². The maximum absolute atomic E-state index is 12.4. The summed E-state index contributed by atoms with van der Waals surface area (Å²) < 4.78 is 28.9. The SMILES string of the molecule is CN(Cc1ccccc1)S(=O)(=O)NC[C@H]1CCCN(C(=O)C2CC2)C1. The number of hydrogen-bond acceptors (Lipinski definition) is 3. The van der Waals surface area contributed by atoms with Crippen molar-refractivity contribution in [3.8, 4) is 0 Å². The van der Waals surface area contributed by atoms with Crippen LogP contribution >= 0.6 is 0 Å². The molecule has 138 valence electrons. The maximum atomic E-state index is 12.4. The fourth-order valence-corrected chi connectivity index (χ4v) is 4.26. The van der Waals surface area contributed by atoms with Crippen LogP contribution in [-0.2, 0) is 21.5 Å². The first-order valence-electron chi connectivity index (χ1n) is 8.99. The molecule has 6 nitrogen and oxygen atoms in total. The number of nitrogens with zero attached hydrogens (tertiary/aromatic N) is 2. The lowest BCUT2D eigenvalue weighted by molar-refractivity contribution is -0.134. The lowest BCUT2D eigenvalue weighted by Gasteiger charge is -2.33. The first-order valence-corrected chi connectivity index (χ1v) is 10.4. The van der Waals surface area contributed by atoms with Gasteiger partial charge < -0.3 is 4.90 Å². The Kier molecular flexibility index (Phi) is 5.76. The first-order chi connectivity index (χ1) is 12.0. The van der Waals surface area contributed by atoms with Gasteiger partial charge in [-0.25, -0.2) is 4.72 Å². The third kappa shape index (κ3) is 5.03. The van der Waals surface area contributed by atoms with E-state index in [1.807, 2.05) is 35.2 Å². The van der Waals surface area contributed by atoms with Gasteiger partial charge in [-0.1, -0.05) is 30.3 Å². The second-order valence-corrected chi connectivity index (χ2v) is 9.02. The van der Waals surface area contributed by atoms with Crippen molar-refractivity contribution in [1.29, 1.82) is 0 Å². The van der Waals surface area contributed by atoms with Crippen LogP contribution in [0.25, 0.3) is 0 Å². The van der Waals surface area contributed by atoms with Gasteiger partial charge >= 0.3 is 0 Å². The van der Waals surface area contributed by atoms with Crippen LogP contribution in [-0.4, -0.2) is 50.2 Å². The number of likely N-dealkylation sites (tertiary alicyclic amines) is 1. The molecule has 1 aliphatic heterocycles. The number of rotatable bonds is 7. The Hall–Kier alpha value is -1.44. The second kappa shape index (κ2) is 7.85. The molecule has 1 aliphatic carbocycles. The Morgan fingerprint density at radius 3 is 2.64 bits per heavy atom. The zero-order chi connectivity index (χ0) is 17.9. The molecule has 0 bridgehead atoms. The highest BCUT2D eigenvalue weighted by Crippen LogP contribution is 2.32. The molecule has 1 atom stereocenters. The Morgan fingerprint density at radius 1 is 1.24 bits per heavy atom. The summed E-state index contributed by atoms with van der Waals surface area (Å²) in [5.74, 6) is 0.678. The average molecular weight is 365 g/mol. The summed E-state index contributed by atoms with van der Waals surface area (Å²) in [6.45, 7) is 2.20. The molecule has 0 radical (unpaired) electrons. The Morgan fingerprint density at radius 2 is 1.96 bits per heavy atom. The van der Waals surface area contributed by atoms with Gasteiger partial charge in [-0.05, 0) is 37.2 Å². The van der Waals surface area contributed by atoms with Crippen LogP contribution in [0, 0.1) is 11.8 Å². The molecule has 3 rings (SSSR count). The Balaban J connectivity index is 1.50. The molecule has 7 heteroatoms. The van der Waals surface area contributed by atoms with E-state index in [9.17, 15) is 13.2 Å². The molecule has 1 aromatic rings. The van der Waals surface area contributed by atoms with Crippen LogP contribution in [0.15, 0.2) is 30.3 Å². The maximum Gasteiger partial charge on any atom is 0.279 e. The summed E-state index contributed by atoms with van der Waals surface area (Å²) >= 11 is 0. The summed E-state index contributed by atoms with van der Waals surface area (Å²) in [6, 6.07) is 9.53. The second-order valence-electron chi connectivity index (χ2n) is 7.16. The van der Waals surface area contributed by atoms with Gasteiger partial charge in [-0.15, -0.1) is 0 Å². The number of hydrogen-bond donors (Lipinski definition) is 1. The smallest absolute Gasteiger partial charge is 0.279 e. The molecule has 0 spiro atoms. The van der Waals surface area contributed by atoms with Crippen molar-refractivity contribution in [1.82, 2.24) is 13.9 Å². The number of piperidine rings is 1. The molecule has 0 aromatic heterocycles. The van der Waals surface area contributed by atoms with Crippen molar-refractivity contribution in [3.05, 3.63) is 35.9 Å². The summed E-state index contributed by atoms with van der Waals surface area (Å²) in [6.07, 6.45) is 3.93. The summed E-state index contributed by atoms with van der Waals surface area (Å²) in [5.41, 5.74) is 0.953. The van der Waals surface area contributed by atoms with E-state index in [2.05, 4.69) is 4.72 Å². The van der Waals surface area contributed by atoms with E-state index >= 15 is 0 Å². The van der Waals surface area contributed by atoms with Crippen molar-refractivity contribution in [2.24, 2.45) is 11.8 Å². The molecule has 1 heterocycles. The monoisotopic (exact) mass is 365 g/mol. The van der Waals surface area contributed by atoms with Crippen LogP contribution in [0.4, 0.5) is 0 Å². The number of nitrogens with one attached hydrogen (secondary N) is 1. The molecular formula is C18H27N3O3S. The fourth-order valence-electron chi connectivity index (χ4n) is 3.28. The predicted octanol–water partition coefficient (Wildman–Crippen LogP) is 1.60. The Labute approximate surface area is 150 Å². The van der Waals surface area contributed by atoms with Crippen molar-refractivity contribution >= 4 is 16.1 Å². The van der Waals surface area contributed by atoms with Crippen molar-refractivity contribution < 1.29 is 13.2 Å². The van der Waals surface area contributed by atoms with E-state index in [0.29, 0.717) is 19.6 Å². The van der Waals surface area contributed by atoms with Gasteiger partial charge in [0, 0.05) is 39.1 Å². The van der Waals surface area contributed by atoms with Gasteiger partial charge in [-0.2, -0.15) is 12.7 Å². The van der Waals surface area contributed by atoms with Crippen LogP contribution in [0.2, 0.25) is 0 Å². The van der Waals surface area contributed by atoms with Crippen LogP contribution in [0.5, 0.6) is 0 Å². The van der Waals surface area contributed by atoms with Crippen molar-refractivity contribution in [3.63, 3.8) is 0 Å². The quantitative estimate of drug-likeness (QED) is 0.798. The van der Waals surface area contributed by atoms with Gasteiger partial charge in [0.05, 0.1) is 0 Å². The van der Waals surface area contributed by atoms with E-state index < -0.39 is 10.2 Å². The highest BCUT2D eigenvalue weighted by Gasteiger charge is 2.35. The summed E-state index contributed by atoms with van der Waals surface area (Å²) in [4.78, 5) is 14.1. The topological polar surface area (TPSA) is 69.7 Å². The van der Waals surface area contributed by atoms with E-state index in [4.69, 9.17) is 0 Å². The fraction of sp³-hybridized carbons (Fsp3) is 0.611. The highest BCUT2D eigenvalue weighted by molar-refractivity contribution is 7.87. The predicted molar refractivity (Wildman–Crippen MR) is 96.9 cm³/mol. The third-order valence-corrected chi connectivity index (χ3v) is 6.45. The molecule has 2 aliphatic rings. The van der Waals surface area contributed by atoms with Crippen LogP contribution < -0.4 is 4.72 Å². The summed E-state index contributed by atoms with van der Waals surface area (Å²) in [5, 5.41) is 0. The molecule has 25 heavy (non-hydrogen) atoms. The molecule has 2 fully saturated rings. The van der Waals surface area contributed by atoms with Crippen LogP contribution in [0.1, 0.15) is 31.2 Å². The van der Waals surface area contributed by atoms with Gasteiger partial charge in [-0.3, -0.25) is 4.79 Å². The third-order valence-electron chi connectivity index (χ3n) is 4.97. The zero-order valence-electron chi connectivity index (χ0n) is 14.7. The zero-order valence-corrected chi connectivity index (χ0v) is 15.5. The average Bonchev–Trinajstić information content (AvgIpc) is 3.46. The first kappa shape index (κ1) is 18.4. The van der Waals surface area contributed by atoms with Crippen molar-refractivity contribution in [2.75, 3.05) is 26.7 Å². The molecule has 1 amide bonds. The van der Waals surface area contributed by atoms with Crippen LogP contribution in [0.3, 0.4) is 0 Å². The minimum atomic E-state index is -3.52. The van der Waals surface area contributed by atoms with Gasteiger partial charge in [0.1, 0.15) is 0 Å². The molecule has 1 saturated carbocycles. The molecule has 1 saturated heterocycles. The van der Waals surface area contributed by atoms with Gasteiger partial charge in [0.2, 0.25) is 5.91 Å².